The van der Waals surface area contributed by atoms with Crippen molar-refractivity contribution in [3.8, 4) is 0 Å². The molecule has 6 nitrogen and oxygen atoms in total. The van der Waals surface area contributed by atoms with Crippen LogP contribution in [0.5, 0.6) is 0 Å². The Morgan fingerprint density at radius 1 is 1.09 bits per heavy atom. The maximum atomic E-state index is 9.10. The van der Waals surface area contributed by atoms with E-state index >= 15 is 0 Å². The fourth-order valence-electron chi connectivity index (χ4n) is 0. The first-order valence-corrected chi connectivity index (χ1v) is 2.01. The molecule has 0 rings (SSSR count). The van der Waals surface area contributed by atoms with Crippen molar-refractivity contribution in [1.29, 1.82) is 0 Å². The van der Waals surface area contributed by atoms with Crippen molar-refractivity contribution in [3.63, 3.8) is 0 Å². The van der Waals surface area contributed by atoms with Crippen molar-refractivity contribution in [1.82, 2.24) is 0 Å². The predicted molar refractivity (Wildman–Crippen MR) is 26.0 cm³/mol. The monoisotopic (exact) mass is 156 g/mol. The first-order valence-electron chi connectivity index (χ1n) is 2.01. The first kappa shape index (κ1) is 16.5. The van der Waals surface area contributed by atoms with E-state index in [2.05, 4.69) is 0 Å². The van der Waals surface area contributed by atoms with Gasteiger partial charge in [0.1, 0.15) is 0 Å². The molecule has 0 aromatic heterocycles. The third-order valence-corrected chi connectivity index (χ3v) is 0.183. The van der Waals surface area contributed by atoms with Crippen molar-refractivity contribution >= 4 is 17.9 Å². The number of rotatable bonds is 0. The summed E-state index contributed by atoms with van der Waals surface area (Å²) in [4.78, 5) is 27.1. The molecule has 0 heterocycles. The van der Waals surface area contributed by atoms with Crippen molar-refractivity contribution in [2.75, 3.05) is 0 Å². The van der Waals surface area contributed by atoms with E-state index < -0.39 is 17.9 Å². The summed E-state index contributed by atoms with van der Waals surface area (Å²) in [5.74, 6) is -4.73. The maximum absolute atomic E-state index is 9.10. The summed E-state index contributed by atoms with van der Waals surface area (Å²) in [6.07, 6.45) is 0. The molecule has 0 unspecified atom stereocenters. The topological polar surface area (TPSA) is 115 Å². The fraction of sp³-hybridized carbons (Fsp3) is 0.250. The molecule has 58 valence electrons. The molecule has 0 atom stereocenters. The summed E-state index contributed by atoms with van der Waals surface area (Å²) in [5.41, 5.74) is 0. The van der Waals surface area contributed by atoms with Crippen LogP contribution in [0.25, 0.3) is 0 Å². The minimum atomic E-state index is -1.82. The Bertz CT molecular complexity index is 137. The van der Waals surface area contributed by atoms with E-state index in [1.165, 1.54) is 0 Å². The van der Waals surface area contributed by atoms with Gasteiger partial charge in [-0.1, -0.05) is 0 Å². The Kier molecular flexibility index (Phi) is 13.5. The molecule has 2 N–H and O–H groups in total. The maximum Gasteiger partial charge on any atom is 1.00 e. The van der Waals surface area contributed by atoms with E-state index in [4.69, 9.17) is 29.7 Å². The third kappa shape index (κ3) is 48.9. The number of carbonyl (C=O) groups excluding carboxylic acids is 1. The molecule has 0 radical (unpaired) electrons. The smallest absolute Gasteiger partial charge is 0.550 e. The number of hydrogen-bond acceptors (Lipinski definition) is 4. The number of carboxylic acid groups (broad SMARTS) is 3. The van der Waals surface area contributed by atoms with Gasteiger partial charge in [0.05, 0.1) is 0 Å². The van der Waals surface area contributed by atoms with Crippen LogP contribution in [-0.2, 0) is 14.4 Å². The second-order valence-electron chi connectivity index (χ2n) is 1.10. The van der Waals surface area contributed by atoms with Gasteiger partial charge in [-0.3, -0.25) is 0 Å². The SMILES string of the molecule is CC(=O)[O-].O=C(O)C(=O)O.[Li+]. The zero-order valence-corrected chi connectivity index (χ0v) is 6.03. The minimum Gasteiger partial charge on any atom is -0.550 e. The van der Waals surface area contributed by atoms with Gasteiger partial charge in [0.15, 0.2) is 0 Å². The van der Waals surface area contributed by atoms with Crippen molar-refractivity contribution in [3.05, 3.63) is 0 Å². The summed E-state index contributed by atoms with van der Waals surface area (Å²) in [6.45, 7) is 0.972. The fourth-order valence-corrected chi connectivity index (χ4v) is 0. The molecular weight excluding hydrogens is 151 g/mol. The first-order chi connectivity index (χ1) is 4.37. The molecule has 0 aromatic rings. The van der Waals surface area contributed by atoms with E-state index in [0.717, 1.165) is 6.92 Å². The van der Waals surface area contributed by atoms with E-state index in [1.807, 2.05) is 0 Å². The minimum absolute atomic E-state index is 0. The largest absolute Gasteiger partial charge is 1.00 e. The molecule has 0 saturated heterocycles. The molecule has 0 amide bonds. The molecule has 0 aliphatic rings. The molecule has 11 heavy (non-hydrogen) atoms. The Morgan fingerprint density at radius 2 is 1.18 bits per heavy atom. The van der Waals surface area contributed by atoms with Gasteiger partial charge >= 0.3 is 30.8 Å². The summed E-state index contributed by atoms with van der Waals surface area (Å²) >= 11 is 0. The van der Waals surface area contributed by atoms with Gasteiger partial charge in [0, 0.05) is 5.97 Å². The van der Waals surface area contributed by atoms with Crippen LogP contribution in [0.1, 0.15) is 6.92 Å². The Morgan fingerprint density at radius 3 is 1.18 bits per heavy atom. The molecule has 0 fully saturated rings. The van der Waals surface area contributed by atoms with Crippen molar-refractivity contribution in [2.24, 2.45) is 0 Å². The Balaban J connectivity index is -0.000000114. The van der Waals surface area contributed by atoms with Crippen LogP contribution in [0.4, 0.5) is 0 Å². The van der Waals surface area contributed by atoms with Crippen LogP contribution in [0, 0.1) is 0 Å². The molecule has 0 saturated carbocycles. The van der Waals surface area contributed by atoms with Gasteiger partial charge in [0.2, 0.25) is 0 Å². The van der Waals surface area contributed by atoms with E-state index in [-0.39, 0.29) is 18.9 Å². The van der Waals surface area contributed by atoms with E-state index in [0.29, 0.717) is 0 Å². The van der Waals surface area contributed by atoms with Gasteiger partial charge < -0.3 is 20.1 Å². The van der Waals surface area contributed by atoms with Crippen LogP contribution in [0.3, 0.4) is 0 Å². The van der Waals surface area contributed by atoms with Gasteiger partial charge in [-0.25, -0.2) is 9.59 Å². The van der Waals surface area contributed by atoms with Crippen LogP contribution in [0.15, 0.2) is 0 Å². The zero-order chi connectivity index (χ0) is 8.73. The van der Waals surface area contributed by atoms with Gasteiger partial charge in [-0.05, 0) is 6.92 Å². The molecule has 0 bridgehead atoms. The average Bonchev–Trinajstić information content (AvgIpc) is 1.63. The number of hydrogen-bond donors (Lipinski definition) is 2. The van der Waals surface area contributed by atoms with Gasteiger partial charge in [-0.2, -0.15) is 0 Å². The molecule has 0 spiro atoms. The average molecular weight is 156 g/mol. The van der Waals surface area contributed by atoms with Crippen LogP contribution < -0.4 is 24.0 Å². The summed E-state index contributed by atoms with van der Waals surface area (Å²) in [6, 6.07) is 0. The van der Waals surface area contributed by atoms with E-state index in [9.17, 15) is 0 Å². The molecule has 0 aliphatic heterocycles. The van der Waals surface area contributed by atoms with E-state index in [1.54, 1.807) is 0 Å². The Hall–Kier alpha value is -0.993. The quantitative estimate of drug-likeness (QED) is 0.268. The number of carboxylic acids is 3. The van der Waals surface area contributed by atoms with Gasteiger partial charge in [-0.15, -0.1) is 0 Å². The molecular formula is C4H5LiO6. The third-order valence-electron chi connectivity index (χ3n) is 0.183. The molecule has 7 heteroatoms. The standard InChI is InChI=1S/C2H2O4.C2H4O2.Li/c3-1(4)2(5)6;1-2(3)4;/h(H,3,4)(H,5,6);1H3,(H,3,4);/q;;+1/p-1. The summed E-state index contributed by atoms with van der Waals surface area (Å²) in [7, 11) is 0. The number of aliphatic carboxylic acids is 3. The second kappa shape index (κ2) is 9.01. The second-order valence-corrected chi connectivity index (χ2v) is 1.10. The van der Waals surface area contributed by atoms with Crippen molar-refractivity contribution < 1.29 is 48.6 Å². The van der Waals surface area contributed by atoms with Gasteiger partial charge in [0.25, 0.3) is 0 Å². The normalized spacial score (nSPS) is 6.27. The van der Waals surface area contributed by atoms with Crippen LogP contribution in [-0.4, -0.2) is 28.1 Å². The predicted octanol–water partition coefficient (Wildman–Crippen LogP) is -5.08. The van der Waals surface area contributed by atoms with Crippen LogP contribution >= 0.6 is 0 Å². The summed E-state index contributed by atoms with van der Waals surface area (Å²) in [5, 5.41) is 23.7. The molecule has 0 aliphatic carbocycles. The Labute approximate surface area is 74.0 Å². The molecule has 0 aromatic carbocycles. The van der Waals surface area contributed by atoms with Crippen molar-refractivity contribution in [2.45, 2.75) is 6.92 Å². The number of carbonyl (C=O) groups is 3. The summed E-state index contributed by atoms with van der Waals surface area (Å²) < 4.78 is 0. The zero-order valence-electron chi connectivity index (χ0n) is 6.03. The van der Waals surface area contributed by atoms with Crippen LogP contribution in [0.2, 0.25) is 0 Å².